The molecule has 2 aromatic rings. The van der Waals surface area contributed by atoms with Gasteiger partial charge in [0.1, 0.15) is 11.5 Å². The number of nitrogens with zero attached hydrogens (tertiary/aromatic N) is 2. The summed E-state index contributed by atoms with van der Waals surface area (Å²) in [4.78, 5) is 36.8. The summed E-state index contributed by atoms with van der Waals surface area (Å²) in [6.45, 7) is -0.740. The molecule has 0 saturated carbocycles. The second-order valence-electron chi connectivity index (χ2n) is 6.69. The molecule has 0 unspecified atom stereocenters. The Kier molecular flexibility index (Phi) is 6.56. The number of aliphatic hydroxyl groups is 1. The lowest BCUT2D eigenvalue weighted by atomic mass is 9.95. The van der Waals surface area contributed by atoms with Gasteiger partial charge in [-0.25, -0.2) is 0 Å². The summed E-state index contributed by atoms with van der Waals surface area (Å²) in [5, 5.41) is 17.7. The van der Waals surface area contributed by atoms with Crippen molar-refractivity contribution in [3.05, 3.63) is 33.5 Å². The van der Waals surface area contributed by atoms with E-state index in [0.717, 1.165) is 40.6 Å². The highest BCUT2D eigenvalue weighted by atomic mass is 32.1. The van der Waals surface area contributed by atoms with E-state index in [-0.39, 0.29) is 19.4 Å². The lowest BCUT2D eigenvalue weighted by molar-refractivity contribution is -0.142. The number of carbonyl (C=O) groups excluding carboxylic acids is 3. The van der Waals surface area contributed by atoms with E-state index in [1.807, 2.05) is 0 Å². The highest BCUT2D eigenvalue weighted by molar-refractivity contribution is 7.17. The van der Waals surface area contributed by atoms with Crippen LogP contribution >= 0.6 is 11.3 Å². The van der Waals surface area contributed by atoms with Crippen molar-refractivity contribution in [2.24, 2.45) is 0 Å². The number of anilines is 1. The smallest absolute Gasteiger partial charge is 0.395 e. The Hall–Kier alpha value is -2.73. The third kappa shape index (κ3) is 4.70. The van der Waals surface area contributed by atoms with Crippen molar-refractivity contribution >= 4 is 34.4 Å². The number of amides is 2. The molecule has 0 saturated heterocycles. The molecule has 0 radical (unpaired) electrons. The van der Waals surface area contributed by atoms with Crippen LogP contribution in [-0.2, 0) is 30.4 Å². The molecule has 12 heteroatoms. The van der Waals surface area contributed by atoms with E-state index < -0.39 is 35.8 Å². The molecule has 2 amide bonds. The number of hydrogen-bond acceptors (Lipinski definition) is 6. The van der Waals surface area contributed by atoms with Crippen LogP contribution in [-0.4, -0.2) is 46.1 Å². The number of fused-ring (bicyclic) bond motifs is 1. The Balaban J connectivity index is 1.81. The molecule has 0 fully saturated rings. The second-order valence-corrected chi connectivity index (χ2v) is 7.79. The van der Waals surface area contributed by atoms with Crippen LogP contribution in [0.15, 0.2) is 6.20 Å². The van der Waals surface area contributed by atoms with Gasteiger partial charge in [-0.3, -0.25) is 19.1 Å². The molecule has 3 rings (SSSR count). The predicted molar refractivity (Wildman–Crippen MR) is 102 cm³/mol. The maximum Gasteiger partial charge on any atom is 0.435 e. The molecule has 8 nitrogen and oxygen atoms in total. The molecule has 0 aromatic carbocycles. The van der Waals surface area contributed by atoms with Crippen LogP contribution in [0.4, 0.5) is 18.2 Å². The Morgan fingerprint density at radius 3 is 2.67 bits per heavy atom. The van der Waals surface area contributed by atoms with Crippen LogP contribution in [0.25, 0.3) is 0 Å². The molecular formula is C18H19F3N4O4S. The normalized spacial score (nSPS) is 13.6. The van der Waals surface area contributed by atoms with E-state index in [9.17, 15) is 27.6 Å². The van der Waals surface area contributed by atoms with Crippen molar-refractivity contribution in [2.45, 2.75) is 38.4 Å². The minimum Gasteiger partial charge on any atom is -0.395 e. The van der Waals surface area contributed by atoms with E-state index in [1.54, 1.807) is 0 Å². The van der Waals surface area contributed by atoms with Gasteiger partial charge in [0.05, 0.1) is 17.7 Å². The summed E-state index contributed by atoms with van der Waals surface area (Å²) >= 11 is 1.26. The summed E-state index contributed by atoms with van der Waals surface area (Å²) in [5.41, 5.74) is -0.855. The molecule has 1 aliphatic carbocycles. The van der Waals surface area contributed by atoms with Gasteiger partial charge in [-0.1, -0.05) is 0 Å². The maximum absolute atomic E-state index is 12.9. The van der Waals surface area contributed by atoms with Crippen LogP contribution < -0.4 is 10.6 Å². The zero-order valence-electron chi connectivity index (χ0n) is 15.7. The van der Waals surface area contributed by atoms with Gasteiger partial charge in [-0.05, 0) is 31.2 Å². The van der Waals surface area contributed by atoms with Crippen molar-refractivity contribution in [3.63, 3.8) is 0 Å². The Morgan fingerprint density at radius 1 is 1.30 bits per heavy atom. The average molecular weight is 444 g/mol. The molecule has 162 valence electrons. The van der Waals surface area contributed by atoms with E-state index in [4.69, 9.17) is 5.11 Å². The second kappa shape index (κ2) is 8.96. The largest absolute Gasteiger partial charge is 0.435 e. The Bertz CT molecular complexity index is 968. The van der Waals surface area contributed by atoms with Crippen molar-refractivity contribution in [3.8, 4) is 0 Å². The number of halogens is 3. The van der Waals surface area contributed by atoms with Gasteiger partial charge in [-0.2, -0.15) is 18.3 Å². The van der Waals surface area contributed by atoms with E-state index in [1.165, 1.54) is 11.3 Å². The number of hydrogen-bond donors (Lipinski definition) is 3. The molecule has 0 aliphatic heterocycles. The van der Waals surface area contributed by atoms with Crippen LogP contribution in [0.1, 0.15) is 49.7 Å². The summed E-state index contributed by atoms with van der Waals surface area (Å²) in [7, 11) is 0. The van der Waals surface area contributed by atoms with E-state index >= 15 is 0 Å². The fourth-order valence-corrected chi connectivity index (χ4v) is 4.59. The Morgan fingerprint density at radius 2 is 2.03 bits per heavy atom. The first kappa shape index (κ1) is 22.0. The van der Waals surface area contributed by atoms with Crippen LogP contribution in [0, 0.1) is 0 Å². The topological polar surface area (TPSA) is 113 Å². The molecule has 2 heterocycles. The number of carbonyl (C=O) groups is 3. The summed E-state index contributed by atoms with van der Waals surface area (Å²) in [6, 6.07) is 0. The quantitative estimate of drug-likeness (QED) is 0.566. The minimum atomic E-state index is -4.82. The number of aldehydes is 1. The number of rotatable bonds is 7. The predicted octanol–water partition coefficient (Wildman–Crippen LogP) is 2.02. The number of nitrogens with one attached hydrogen (secondary N) is 2. The highest BCUT2D eigenvalue weighted by Gasteiger charge is 2.37. The zero-order chi connectivity index (χ0) is 21.9. The van der Waals surface area contributed by atoms with Gasteiger partial charge in [0.15, 0.2) is 12.0 Å². The first-order chi connectivity index (χ1) is 14.2. The molecule has 1 aliphatic rings. The van der Waals surface area contributed by atoms with Gasteiger partial charge < -0.3 is 15.7 Å². The minimum absolute atomic E-state index is 0.0289. The van der Waals surface area contributed by atoms with Gasteiger partial charge in [0, 0.05) is 17.6 Å². The number of aryl methyl sites for hydroxylation is 1. The SMILES string of the molecule is O=Cc1cn(CC(=O)Nc2sc3c(c2C(=O)NCCO)CCCC3)nc1C(F)(F)F. The molecule has 0 bridgehead atoms. The summed E-state index contributed by atoms with van der Waals surface area (Å²) < 4.78 is 39.5. The van der Waals surface area contributed by atoms with Crippen molar-refractivity contribution in [2.75, 3.05) is 18.5 Å². The van der Waals surface area contributed by atoms with Crippen LogP contribution in [0.5, 0.6) is 0 Å². The van der Waals surface area contributed by atoms with Gasteiger partial charge in [0.25, 0.3) is 5.91 Å². The maximum atomic E-state index is 12.9. The third-order valence-electron chi connectivity index (χ3n) is 4.54. The van der Waals surface area contributed by atoms with E-state index in [2.05, 4.69) is 15.7 Å². The zero-order valence-corrected chi connectivity index (χ0v) is 16.5. The standard InChI is InChI=1S/C18H19F3N4O4S/c19-18(20,21)15-10(9-27)7-25(24-15)8-13(28)23-17-14(16(29)22-5-6-26)11-3-1-2-4-12(11)30-17/h7,9,26H,1-6,8H2,(H,22,29)(H,23,28). The molecule has 0 spiro atoms. The van der Waals surface area contributed by atoms with Crippen molar-refractivity contribution in [1.82, 2.24) is 15.1 Å². The third-order valence-corrected chi connectivity index (χ3v) is 5.75. The Labute approximate surface area is 173 Å². The first-order valence-electron chi connectivity index (χ1n) is 9.17. The number of thiophene rings is 1. The van der Waals surface area contributed by atoms with Crippen molar-refractivity contribution < 1.29 is 32.7 Å². The lowest BCUT2D eigenvalue weighted by Crippen LogP contribution is -2.28. The lowest BCUT2D eigenvalue weighted by Gasteiger charge is -2.13. The van der Waals surface area contributed by atoms with Gasteiger partial charge >= 0.3 is 6.18 Å². The molecule has 0 atom stereocenters. The number of aromatic nitrogens is 2. The average Bonchev–Trinajstić information content (AvgIpc) is 3.26. The van der Waals surface area contributed by atoms with Gasteiger partial charge in [-0.15, -0.1) is 11.3 Å². The molecule has 2 aromatic heterocycles. The molecular weight excluding hydrogens is 425 g/mol. The summed E-state index contributed by atoms with van der Waals surface area (Å²) in [5.74, 6) is -1.11. The number of aliphatic hydroxyl groups excluding tert-OH is 1. The van der Waals surface area contributed by atoms with Crippen LogP contribution in [0.3, 0.4) is 0 Å². The fraction of sp³-hybridized carbons (Fsp3) is 0.444. The summed E-state index contributed by atoms with van der Waals surface area (Å²) in [6.07, 6.45) is -0.624. The van der Waals surface area contributed by atoms with Gasteiger partial charge in [0.2, 0.25) is 5.91 Å². The molecule has 30 heavy (non-hydrogen) atoms. The molecule has 3 N–H and O–H groups in total. The highest BCUT2D eigenvalue weighted by Crippen LogP contribution is 2.38. The van der Waals surface area contributed by atoms with Crippen LogP contribution in [0.2, 0.25) is 0 Å². The fourth-order valence-electron chi connectivity index (χ4n) is 3.29. The van der Waals surface area contributed by atoms with E-state index in [0.29, 0.717) is 17.0 Å². The monoisotopic (exact) mass is 444 g/mol. The number of alkyl halides is 3. The van der Waals surface area contributed by atoms with Crippen molar-refractivity contribution in [1.29, 1.82) is 0 Å². The first-order valence-corrected chi connectivity index (χ1v) is 9.99.